The van der Waals surface area contributed by atoms with Gasteiger partial charge in [-0.2, -0.15) is 5.01 Å². The van der Waals surface area contributed by atoms with Crippen molar-refractivity contribution < 1.29 is 23.9 Å². The lowest BCUT2D eigenvalue weighted by molar-refractivity contribution is -0.154. The van der Waals surface area contributed by atoms with Gasteiger partial charge in [0.25, 0.3) is 0 Å². The highest BCUT2D eigenvalue weighted by Gasteiger charge is 2.56. The molecule has 0 saturated carbocycles. The molecule has 30 heavy (non-hydrogen) atoms. The number of anilines is 1. The summed E-state index contributed by atoms with van der Waals surface area (Å²) in [6.45, 7) is 5.61. The van der Waals surface area contributed by atoms with Gasteiger partial charge in [0.15, 0.2) is 5.11 Å². The van der Waals surface area contributed by atoms with E-state index in [9.17, 15) is 19.2 Å². The van der Waals surface area contributed by atoms with Gasteiger partial charge in [0, 0.05) is 5.69 Å². The van der Waals surface area contributed by atoms with E-state index in [0.29, 0.717) is 17.9 Å². The third-order valence-electron chi connectivity index (χ3n) is 5.08. The Bertz CT molecular complexity index is 899. The highest BCUT2D eigenvalue weighted by Crippen LogP contribution is 2.33. The highest BCUT2D eigenvalue weighted by molar-refractivity contribution is 7.80. The van der Waals surface area contributed by atoms with Crippen LogP contribution in [0.15, 0.2) is 24.3 Å². The fourth-order valence-electron chi connectivity index (χ4n) is 3.37. The van der Waals surface area contributed by atoms with E-state index in [2.05, 4.69) is 10.6 Å². The number of amides is 3. The van der Waals surface area contributed by atoms with Crippen molar-refractivity contribution >= 4 is 46.7 Å². The van der Waals surface area contributed by atoms with Crippen LogP contribution in [0.3, 0.4) is 0 Å². The van der Waals surface area contributed by atoms with Gasteiger partial charge < -0.3 is 10.1 Å². The topological polar surface area (TPSA) is 108 Å². The minimum Gasteiger partial charge on any atom is -0.462 e. The number of carbonyl (C=O) groups excluding carboxylic acids is 4. The molecule has 2 N–H and O–H groups in total. The van der Waals surface area contributed by atoms with Crippen molar-refractivity contribution in [2.24, 2.45) is 0 Å². The van der Waals surface area contributed by atoms with Crippen LogP contribution >= 0.6 is 12.2 Å². The van der Waals surface area contributed by atoms with Gasteiger partial charge in [-0.1, -0.05) is 13.3 Å². The molecule has 10 heteroatoms. The number of hydrazine groups is 1. The average molecular weight is 433 g/mol. The van der Waals surface area contributed by atoms with E-state index in [1.807, 2.05) is 6.92 Å². The Morgan fingerprint density at radius 3 is 2.57 bits per heavy atom. The molecule has 2 heterocycles. The van der Waals surface area contributed by atoms with E-state index in [1.165, 1.54) is 10.0 Å². The first-order valence-electron chi connectivity index (χ1n) is 9.72. The molecular weight excluding hydrogens is 408 g/mol. The first-order chi connectivity index (χ1) is 14.2. The summed E-state index contributed by atoms with van der Waals surface area (Å²) in [5, 5.41) is 7.80. The molecule has 0 radical (unpaired) electrons. The van der Waals surface area contributed by atoms with Gasteiger partial charge >= 0.3 is 5.97 Å². The molecule has 160 valence electrons. The molecule has 3 amide bonds. The molecule has 2 aliphatic rings. The molecule has 1 unspecified atom stereocenters. The molecule has 1 atom stereocenters. The smallest absolute Gasteiger partial charge is 0.338 e. The van der Waals surface area contributed by atoms with Crippen molar-refractivity contribution in [1.29, 1.82) is 0 Å². The molecule has 0 aliphatic carbocycles. The first-order valence-corrected chi connectivity index (χ1v) is 10.1. The van der Waals surface area contributed by atoms with Crippen molar-refractivity contribution in [2.75, 3.05) is 11.9 Å². The molecule has 9 nitrogen and oxygen atoms in total. The van der Waals surface area contributed by atoms with Crippen LogP contribution in [0.5, 0.6) is 0 Å². The predicted molar refractivity (Wildman–Crippen MR) is 112 cm³/mol. The quantitative estimate of drug-likeness (QED) is 0.399. The fraction of sp³-hybridized carbons (Fsp3) is 0.450. The molecule has 1 aromatic carbocycles. The van der Waals surface area contributed by atoms with E-state index >= 15 is 0 Å². The van der Waals surface area contributed by atoms with E-state index < -0.39 is 23.5 Å². The second-order valence-corrected chi connectivity index (χ2v) is 8.03. The minimum absolute atomic E-state index is 0.0365. The van der Waals surface area contributed by atoms with Crippen LogP contribution in [0.2, 0.25) is 0 Å². The molecule has 2 saturated heterocycles. The van der Waals surface area contributed by atoms with Crippen LogP contribution in [0.25, 0.3) is 0 Å². The van der Waals surface area contributed by atoms with E-state index in [4.69, 9.17) is 17.0 Å². The molecular formula is C20H24N4O5S. The number of benzene rings is 1. The SMILES string of the molecule is CCCCOC(=O)c1ccc(NC(=O)C2CC(=O)N3C(=S)NC(=O)C(C)(C)N23)cc1. The van der Waals surface area contributed by atoms with Crippen molar-refractivity contribution in [3.63, 3.8) is 0 Å². The number of hydrogen-bond donors (Lipinski definition) is 2. The number of rotatable bonds is 6. The summed E-state index contributed by atoms with van der Waals surface area (Å²) in [5.41, 5.74) is -0.300. The zero-order valence-corrected chi connectivity index (χ0v) is 17.9. The van der Waals surface area contributed by atoms with E-state index in [-0.39, 0.29) is 23.3 Å². The Hall–Kier alpha value is -2.85. The van der Waals surface area contributed by atoms with Gasteiger partial charge in [-0.05, 0) is 56.8 Å². The summed E-state index contributed by atoms with van der Waals surface area (Å²) in [4.78, 5) is 49.7. The third kappa shape index (κ3) is 4.05. The number of thiocarbonyl (C=S) groups is 1. The average Bonchev–Trinajstić information content (AvgIpc) is 3.06. The van der Waals surface area contributed by atoms with Crippen LogP contribution in [0.1, 0.15) is 50.4 Å². The van der Waals surface area contributed by atoms with Crippen LogP contribution in [-0.2, 0) is 19.1 Å². The summed E-state index contributed by atoms with van der Waals surface area (Å²) >= 11 is 5.10. The third-order valence-corrected chi connectivity index (χ3v) is 5.35. The number of ether oxygens (including phenoxy) is 1. The second-order valence-electron chi connectivity index (χ2n) is 7.64. The van der Waals surface area contributed by atoms with Crippen LogP contribution in [0.4, 0.5) is 5.69 Å². The molecule has 0 spiro atoms. The van der Waals surface area contributed by atoms with Crippen molar-refractivity contribution in [3.8, 4) is 0 Å². The standard InChI is InChI=1S/C20H24N4O5S/c1-4-5-10-29-17(27)12-6-8-13(9-7-12)21-16(26)14-11-15(25)23-19(30)22-18(28)20(2,3)24(14)23/h6-9,14H,4-5,10-11H2,1-3H3,(H,21,26)(H,22,28,30). The Morgan fingerprint density at radius 2 is 1.93 bits per heavy atom. The Labute approximate surface area is 179 Å². The highest BCUT2D eigenvalue weighted by atomic mass is 32.1. The number of fused-ring (bicyclic) bond motifs is 1. The minimum atomic E-state index is -1.14. The number of nitrogens with one attached hydrogen (secondary N) is 2. The molecule has 0 aromatic heterocycles. The maximum Gasteiger partial charge on any atom is 0.338 e. The van der Waals surface area contributed by atoms with Gasteiger partial charge in [0.05, 0.1) is 18.6 Å². The maximum atomic E-state index is 12.9. The summed E-state index contributed by atoms with van der Waals surface area (Å²) in [7, 11) is 0. The molecule has 2 aliphatic heterocycles. The van der Waals surface area contributed by atoms with Crippen molar-refractivity contribution in [2.45, 2.75) is 51.6 Å². The first kappa shape index (κ1) is 21.8. The van der Waals surface area contributed by atoms with Crippen LogP contribution in [0, 0.1) is 0 Å². The molecule has 1 aromatic rings. The summed E-state index contributed by atoms with van der Waals surface area (Å²) < 4.78 is 5.16. The molecule has 3 rings (SSSR count). The summed E-state index contributed by atoms with van der Waals surface area (Å²) in [6.07, 6.45) is 1.62. The normalized spacial score (nSPS) is 20.6. The van der Waals surface area contributed by atoms with Gasteiger partial charge in [0.1, 0.15) is 11.6 Å². The number of esters is 1. The van der Waals surface area contributed by atoms with Crippen LogP contribution in [-0.4, -0.2) is 57.0 Å². The number of nitrogens with zero attached hydrogens (tertiary/aromatic N) is 2. The lowest BCUT2D eigenvalue weighted by atomic mass is 10.00. The van der Waals surface area contributed by atoms with Gasteiger partial charge in [-0.15, -0.1) is 0 Å². The summed E-state index contributed by atoms with van der Waals surface area (Å²) in [6, 6.07) is 5.39. The monoisotopic (exact) mass is 432 g/mol. The lowest BCUT2D eigenvalue weighted by Gasteiger charge is -2.45. The lowest BCUT2D eigenvalue weighted by Crippen LogP contribution is -2.71. The zero-order valence-electron chi connectivity index (χ0n) is 17.1. The van der Waals surface area contributed by atoms with Crippen molar-refractivity contribution in [3.05, 3.63) is 29.8 Å². The molecule has 2 fully saturated rings. The largest absolute Gasteiger partial charge is 0.462 e. The maximum absolute atomic E-state index is 12.9. The van der Waals surface area contributed by atoms with Gasteiger partial charge in [-0.25, -0.2) is 9.80 Å². The number of hydrogen-bond acceptors (Lipinski definition) is 7. The predicted octanol–water partition coefficient (Wildman–Crippen LogP) is 1.59. The van der Waals surface area contributed by atoms with Crippen LogP contribution < -0.4 is 10.6 Å². The van der Waals surface area contributed by atoms with E-state index in [0.717, 1.165) is 12.8 Å². The molecule has 0 bridgehead atoms. The Kier molecular flexibility index (Phi) is 6.18. The second kappa shape index (κ2) is 8.49. The number of carbonyl (C=O) groups is 4. The Balaban J connectivity index is 1.71. The summed E-state index contributed by atoms with van der Waals surface area (Å²) in [5.74, 6) is -1.62. The zero-order chi connectivity index (χ0) is 22.1. The van der Waals surface area contributed by atoms with E-state index in [1.54, 1.807) is 38.1 Å². The number of unbranched alkanes of at least 4 members (excludes halogenated alkanes) is 1. The van der Waals surface area contributed by atoms with Crippen molar-refractivity contribution in [1.82, 2.24) is 15.3 Å². The van der Waals surface area contributed by atoms with Gasteiger partial charge in [0.2, 0.25) is 17.7 Å². The Morgan fingerprint density at radius 1 is 1.27 bits per heavy atom. The van der Waals surface area contributed by atoms with Gasteiger partial charge in [-0.3, -0.25) is 19.7 Å². The fourth-order valence-corrected chi connectivity index (χ4v) is 3.65.